The van der Waals surface area contributed by atoms with Gasteiger partial charge >= 0.3 is 5.97 Å². The van der Waals surface area contributed by atoms with E-state index in [4.69, 9.17) is 19.8 Å². The van der Waals surface area contributed by atoms with E-state index in [-0.39, 0.29) is 34.1 Å². The predicted octanol–water partition coefficient (Wildman–Crippen LogP) is 7.30. The molecule has 14 nitrogen and oxygen atoms in total. The SMILES string of the molecule is Cc1c(Nc2nc3ccccc3s2)nnc2c1CCCN2c1ccc(-c2cnn(C[C@]34C[C@]5(C)C[C@](C)(C3)C[C@@](OCCN(C)CC[C@H](O)CO)(C5)C4)c2C)c(C(=O)O)n1. The quantitative estimate of drug-likeness (QED) is 0.0828. The minimum atomic E-state index is -1.09. The number of nitrogens with one attached hydrogen (secondary N) is 1. The monoisotopic (exact) mass is 835 g/mol. The zero-order chi connectivity index (χ0) is 42.0. The number of carboxylic acid groups (broad SMARTS) is 1. The van der Waals surface area contributed by atoms with Crippen molar-refractivity contribution in [1.29, 1.82) is 0 Å². The molecule has 4 saturated carbocycles. The van der Waals surface area contributed by atoms with Gasteiger partial charge in [0.15, 0.2) is 22.5 Å². The Morgan fingerprint density at radius 2 is 1.78 bits per heavy atom. The minimum Gasteiger partial charge on any atom is -0.476 e. The number of hydrogen-bond acceptors (Lipinski definition) is 13. The van der Waals surface area contributed by atoms with Crippen molar-refractivity contribution in [3.63, 3.8) is 0 Å². The van der Waals surface area contributed by atoms with Gasteiger partial charge in [-0.25, -0.2) is 14.8 Å². The summed E-state index contributed by atoms with van der Waals surface area (Å²) in [5, 5.41) is 48.0. The fourth-order valence-corrected chi connectivity index (χ4v) is 13.1. The number of thiazole rings is 1. The standard InChI is InChI=1S/C45H57N9O5S/c1-28-31-9-8-15-53(39(31)51-50-38(28)49-41-47-34-10-6-7-11-35(34)60-41)36-13-12-32(37(48-36)40(57)58)33-19-46-54(29(33)2)27-44-22-42(3)21-43(4,23-44)25-45(24-42,26-44)59-18-17-52(5)16-14-30(56)20-55/h6-7,10-13,19,30,55-56H,8-9,14-18,20-27H2,1-5H3,(H,57,58)(H,47,49,50)/t30-,42-,43+,44+,45-/m0/s1. The molecule has 0 spiro atoms. The number of hydrogen-bond donors (Lipinski definition) is 4. The molecular formula is C45H57N9O5S. The maximum Gasteiger partial charge on any atom is 0.355 e. The highest BCUT2D eigenvalue weighted by molar-refractivity contribution is 7.22. The van der Waals surface area contributed by atoms with Crippen LogP contribution in [-0.2, 0) is 17.7 Å². The number of para-hydroxylation sites is 1. The number of rotatable bonds is 15. The minimum absolute atomic E-state index is 0.00572. The van der Waals surface area contributed by atoms with Gasteiger partial charge in [-0.1, -0.05) is 37.3 Å². The highest BCUT2D eigenvalue weighted by Crippen LogP contribution is 2.72. The lowest BCUT2D eigenvalue weighted by atomic mass is 9.39. The fraction of sp³-hybridized carbons (Fsp3) is 0.556. The molecule has 4 bridgehead atoms. The number of aliphatic hydroxyl groups is 2. The molecule has 5 heterocycles. The number of pyridine rings is 1. The average molecular weight is 836 g/mol. The summed E-state index contributed by atoms with van der Waals surface area (Å²) < 4.78 is 10.1. The van der Waals surface area contributed by atoms with Crippen LogP contribution >= 0.6 is 11.3 Å². The molecule has 318 valence electrons. The van der Waals surface area contributed by atoms with Crippen LogP contribution in [0.1, 0.15) is 92.5 Å². The first kappa shape index (κ1) is 40.8. The molecule has 1 aromatic carbocycles. The Morgan fingerprint density at radius 3 is 2.53 bits per heavy atom. The van der Waals surface area contributed by atoms with Gasteiger partial charge in [0.05, 0.1) is 41.3 Å². The molecule has 0 amide bonds. The van der Waals surface area contributed by atoms with Gasteiger partial charge in [-0.2, -0.15) is 5.10 Å². The Morgan fingerprint density at radius 1 is 1.00 bits per heavy atom. The Balaban J connectivity index is 0.941. The number of fused-ring (bicyclic) bond motifs is 2. The molecule has 0 saturated heterocycles. The maximum atomic E-state index is 13.0. The third-order valence-corrected chi connectivity index (χ3v) is 14.7. The predicted molar refractivity (Wildman–Crippen MR) is 232 cm³/mol. The van der Waals surface area contributed by atoms with E-state index in [1.807, 2.05) is 62.3 Å². The first-order chi connectivity index (χ1) is 28.7. The summed E-state index contributed by atoms with van der Waals surface area (Å²) >= 11 is 1.57. The second-order valence-corrected chi connectivity index (χ2v) is 20.2. The van der Waals surface area contributed by atoms with Crippen molar-refractivity contribution in [3.05, 3.63) is 65.1 Å². The van der Waals surface area contributed by atoms with Crippen molar-refractivity contribution >= 4 is 50.1 Å². The van der Waals surface area contributed by atoms with Gasteiger partial charge < -0.3 is 35.2 Å². The molecule has 4 N–H and O–H groups in total. The number of anilines is 4. The number of aliphatic hydroxyl groups excluding tert-OH is 2. The Kier molecular flexibility index (Phi) is 10.5. The Labute approximate surface area is 355 Å². The van der Waals surface area contributed by atoms with Gasteiger partial charge in [-0.05, 0) is 119 Å². The lowest BCUT2D eigenvalue weighted by Crippen LogP contribution is -2.64. The summed E-state index contributed by atoms with van der Waals surface area (Å²) in [6, 6.07) is 11.8. The molecule has 0 radical (unpaired) electrons. The molecule has 15 heteroatoms. The summed E-state index contributed by atoms with van der Waals surface area (Å²) in [4.78, 5) is 26.6. The molecular weight excluding hydrogens is 779 g/mol. The highest BCUT2D eigenvalue weighted by Gasteiger charge is 2.66. The average Bonchev–Trinajstić information content (AvgIpc) is 3.77. The largest absolute Gasteiger partial charge is 0.476 e. The van der Waals surface area contributed by atoms with Gasteiger partial charge in [-0.15, -0.1) is 10.2 Å². The first-order valence-electron chi connectivity index (χ1n) is 21.3. The highest BCUT2D eigenvalue weighted by atomic mass is 32.1. The number of aromatic carboxylic acids is 1. The Bertz CT molecular complexity index is 2380. The van der Waals surface area contributed by atoms with Gasteiger partial charge in [0.25, 0.3) is 0 Å². The molecule has 5 aliphatic rings. The van der Waals surface area contributed by atoms with Gasteiger partial charge in [-0.3, -0.25) is 4.68 Å². The molecule has 4 aliphatic carbocycles. The van der Waals surface area contributed by atoms with E-state index in [2.05, 4.69) is 45.0 Å². The number of benzene rings is 1. The second-order valence-electron chi connectivity index (χ2n) is 19.2. The summed E-state index contributed by atoms with van der Waals surface area (Å²) in [6.07, 6.45) is 9.85. The summed E-state index contributed by atoms with van der Waals surface area (Å²) in [5.41, 5.74) is 5.36. The van der Waals surface area contributed by atoms with Gasteiger partial charge in [0, 0.05) is 54.1 Å². The van der Waals surface area contributed by atoms with Crippen molar-refractivity contribution < 1.29 is 24.9 Å². The van der Waals surface area contributed by atoms with Crippen LogP contribution < -0.4 is 10.2 Å². The van der Waals surface area contributed by atoms with Crippen LogP contribution in [-0.4, -0.2) is 108 Å². The van der Waals surface area contributed by atoms with Crippen molar-refractivity contribution in [2.24, 2.45) is 16.2 Å². The van der Waals surface area contributed by atoms with Crippen LogP contribution in [0, 0.1) is 30.1 Å². The zero-order valence-corrected chi connectivity index (χ0v) is 36.2. The molecule has 10 rings (SSSR count). The fourth-order valence-electron chi connectivity index (χ4n) is 12.3. The Hall–Kier alpha value is -4.54. The lowest BCUT2D eigenvalue weighted by Gasteiger charge is -2.69. The number of ether oxygens (including phenoxy) is 1. The zero-order valence-electron chi connectivity index (χ0n) is 35.4. The smallest absolute Gasteiger partial charge is 0.355 e. The molecule has 5 atom stereocenters. The lowest BCUT2D eigenvalue weighted by molar-refractivity contribution is -0.248. The van der Waals surface area contributed by atoms with E-state index in [0.29, 0.717) is 49.1 Å². The van der Waals surface area contributed by atoms with E-state index in [0.717, 1.165) is 95.8 Å². The molecule has 4 aromatic heterocycles. The number of carboxylic acids is 1. The van der Waals surface area contributed by atoms with Crippen LogP contribution in [0.25, 0.3) is 21.3 Å². The number of aromatic nitrogens is 6. The van der Waals surface area contributed by atoms with Crippen molar-refractivity contribution in [3.8, 4) is 11.1 Å². The first-order valence-corrected chi connectivity index (χ1v) is 22.1. The van der Waals surface area contributed by atoms with Gasteiger partial charge in [0.2, 0.25) is 0 Å². The van der Waals surface area contributed by atoms with Crippen LogP contribution in [0.2, 0.25) is 0 Å². The van der Waals surface area contributed by atoms with Crippen molar-refractivity contribution in [2.75, 3.05) is 50.1 Å². The van der Waals surface area contributed by atoms with E-state index in [1.54, 1.807) is 11.3 Å². The summed E-state index contributed by atoms with van der Waals surface area (Å²) in [5.74, 6) is 0.786. The summed E-state index contributed by atoms with van der Waals surface area (Å²) in [6.45, 7) is 12.2. The van der Waals surface area contributed by atoms with E-state index in [9.17, 15) is 20.1 Å². The molecule has 60 heavy (non-hydrogen) atoms. The van der Waals surface area contributed by atoms with Crippen molar-refractivity contribution in [2.45, 2.75) is 104 Å². The van der Waals surface area contributed by atoms with Crippen LogP contribution in [0.4, 0.5) is 22.6 Å². The van der Waals surface area contributed by atoms with E-state index >= 15 is 0 Å². The van der Waals surface area contributed by atoms with Crippen LogP contribution in [0.3, 0.4) is 0 Å². The topological polar surface area (TPSA) is 175 Å². The number of carbonyl (C=O) groups is 1. The van der Waals surface area contributed by atoms with E-state index < -0.39 is 12.1 Å². The van der Waals surface area contributed by atoms with Gasteiger partial charge in [0.1, 0.15) is 5.82 Å². The van der Waals surface area contributed by atoms with Crippen LogP contribution in [0.5, 0.6) is 0 Å². The van der Waals surface area contributed by atoms with E-state index in [1.165, 1.54) is 6.42 Å². The van der Waals surface area contributed by atoms with Crippen LogP contribution in [0.15, 0.2) is 42.6 Å². The molecule has 1 aliphatic heterocycles. The molecule has 4 fully saturated rings. The number of likely N-dealkylation sites (N-methyl/N-ethyl adjacent to an activating group) is 1. The third kappa shape index (κ3) is 7.67. The maximum absolute atomic E-state index is 13.0. The molecule has 5 aromatic rings. The number of nitrogens with zero attached hydrogens (tertiary/aromatic N) is 8. The normalized spacial score (nSPS) is 26.2. The van der Waals surface area contributed by atoms with Crippen molar-refractivity contribution in [1.82, 2.24) is 34.8 Å². The summed E-state index contributed by atoms with van der Waals surface area (Å²) in [7, 11) is 2.04. The second kappa shape index (κ2) is 15.4. The third-order valence-electron chi connectivity index (χ3n) is 13.7. The molecule has 0 unspecified atom stereocenters.